The molecule has 1 aliphatic rings. The van der Waals surface area contributed by atoms with Gasteiger partial charge in [-0.1, -0.05) is 6.07 Å². The van der Waals surface area contributed by atoms with Gasteiger partial charge in [-0.05, 0) is 12.1 Å². The molecule has 0 aromatic carbocycles. The Morgan fingerprint density at radius 3 is 3.10 bits per heavy atom. The summed E-state index contributed by atoms with van der Waals surface area (Å²) >= 11 is 1.52. The van der Waals surface area contributed by atoms with Gasteiger partial charge >= 0.3 is 0 Å². The first-order chi connectivity index (χ1) is 9.74. The molecule has 20 heavy (non-hydrogen) atoms. The number of fused-ring (bicyclic) bond motifs is 1. The zero-order valence-electron chi connectivity index (χ0n) is 10.7. The van der Waals surface area contributed by atoms with Gasteiger partial charge in [0, 0.05) is 6.20 Å². The first kappa shape index (κ1) is 12.9. The molecule has 2 aromatic heterocycles. The van der Waals surface area contributed by atoms with Gasteiger partial charge in [-0.25, -0.2) is 0 Å². The summed E-state index contributed by atoms with van der Waals surface area (Å²) in [5.41, 5.74) is 0.739. The van der Waals surface area contributed by atoms with Gasteiger partial charge in [0.15, 0.2) is 11.5 Å². The molecule has 0 unspecified atom stereocenters. The maximum atomic E-state index is 11.8. The summed E-state index contributed by atoms with van der Waals surface area (Å²) < 4.78 is 1.82. The van der Waals surface area contributed by atoms with Crippen molar-refractivity contribution < 1.29 is 9.59 Å². The van der Waals surface area contributed by atoms with Crippen LogP contribution >= 0.6 is 11.8 Å². The molecule has 3 rings (SSSR count). The number of amides is 2. The van der Waals surface area contributed by atoms with Crippen LogP contribution in [-0.4, -0.2) is 49.5 Å². The van der Waals surface area contributed by atoms with E-state index in [2.05, 4.69) is 15.5 Å². The summed E-state index contributed by atoms with van der Waals surface area (Å²) in [6.45, 7) is 0.391. The lowest BCUT2D eigenvalue weighted by Gasteiger charge is -2.13. The minimum Gasteiger partial charge on any atom is -0.347 e. The van der Waals surface area contributed by atoms with Gasteiger partial charge in [-0.3, -0.25) is 14.0 Å². The average molecular weight is 291 g/mol. The Bertz CT molecular complexity index is 656. The maximum absolute atomic E-state index is 11.8. The molecule has 7 nitrogen and oxygen atoms in total. The maximum Gasteiger partial charge on any atom is 0.240 e. The van der Waals surface area contributed by atoms with Crippen molar-refractivity contribution in [2.45, 2.75) is 6.54 Å². The van der Waals surface area contributed by atoms with Gasteiger partial charge in [0.2, 0.25) is 11.8 Å². The van der Waals surface area contributed by atoms with Crippen molar-refractivity contribution in [3.05, 3.63) is 30.2 Å². The Labute approximate surface area is 119 Å². The normalized spacial score (nSPS) is 15.0. The van der Waals surface area contributed by atoms with E-state index in [0.29, 0.717) is 24.0 Å². The van der Waals surface area contributed by atoms with Gasteiger partial charge in [0.1, 0.15) is 6.54 Å². The van der Waals surface area contributed by atoms with Gasteiger partial charge in [-0.2, -0.15) is 0 Å². The van der Waals surface area contributed by atoms with Gasteiger partial charge in [-0.15, -0.1) is 22.0 Å². The molecule has 104 valence electrons. The molecule has 0 spiro atoms. The number of rotatable bonds is 4. The summed E-state index contributed by atoms with van der Waals surface area (Å²) in [5.74, 6) is 1.53. The Kier molecular flexibility index (Phi) is 3.55. The summed E-state index contributed by atoms with van der Waals surface area (Å²) in [6, 6.07) is 5.60. The first-order valence-electron chi connectivity index (χ1n) is 6.15. The summed E-state index contributed by atoms with van der Waals surface area (Å²) in [4.78, 5) is 24.8. The molecular formula is C12H13N5O2S. The number of nitrogens with one attached hydrogen (secondary N) is 1. The van der Waals surface area contributed by atoms with Crippen molar-refractivity contribution in [1.29, 1.82) is 0 Å². The smallest absolute Gasteiger partial charge is 0.240 e. The third kappa shape index (κ3) is 2.60. The van der Waals surface area contributed by atoms with E-state index in [1.165, 1.54) is 11.8 Å². The molecule has 3 heterocycles. The highest BCUT2D eigenvalue weighted by molar-refractivity contribution is 8.00. The molecule has 0 saturated carbocycles. The van der Waals surface area contributed by atoms with E-state index in [-0.39, 0.29) is 18.4 Å². The van der Waals surface area contributed by atoms with Crippen LogP contribution in [0.2, 0.25) is 0 Å². The molecule has 2 aromatic rings. The molecule has 1 fully saturated rings. The van der Waals surface area contributed by atoms with Crippen LogP contribution in [-0.2, 0) is 16.1 Å². The van der Waals surface area contributed by atoms with Gasteiger partial charge < -0.3 is 10.2 Å². The third-order valence-electron chi connectivity index (χ3n) is 2.99. The lowest BCUT2D eigenvalue weighted by molar-refractivity contribution is -0.132. The van der Waals surface area contributed by atoms with E-state index in [0.717, 1.165) is 5.65 Å². The third-order valence-corrected chi connectivity index (χ3v) is 3.93. The number of pyridine rings is 1. The van der Waals surface area contributed by atoms with Gasteiger partial charge in [0.05, 0.1) is 18.2 Å². The summed E-state index contributed by atoms with van der Waals surface area (Å²) in [7, 11) is 0. The highest BCUT2D eigenvalue weighted by Gasteiger charge is 2.22. The van der Waals surface area contributed by atoms with Crippen molar-refractivity contribution in [3.8, 4) is 0 Å². The lowest BCUT2D eigenvalue weighted by Crippen LogP contribution is -2.38. The minimum absolute atomic E-state index is 0.0121. The number of hydrogen-bond donors (Lipinski definition) is 1. The molecule has 0 radical (unpaired) electrons. The Morgan fingerprint density at radius 2 is 2.30 bits per heavy atom. The largest absolute Gasteiger partial charge is 0.347 e. The van der Waals surface area contributed by atoms with Crippen molar-refractivity contribution in [2.75, 3.05) is 18.2 Å². The minimum atomic E-state index is -0.187. The monoisotopic (exact) mass is 291 g/mol. The molecule has 0 aliphatic carbocycles. The zero-order chi connectivity index (χ0) is 13.9. The molecule has 2 amide bonds. The predicted molar refractivity (Wildman–Crippen MR) is 73.9 cm³/mol. The summed E-state index contributed by atoms with van der Waals surface area (Å²) in [6.07, 6.45) is 1.84. The van der Waals surface area contributed by atoms with Crippen molar-refractivity contribution in [1.82, 2.24) is 24.8 Å². The molecule has 1 saturated heterocycles. The number of carbonyl (C=O) groups excluding carboxylic acids is 2. The topological polar surface area (TPSA) is 79.6 Å². The molecule has 1 N–H and O–H groups in total. The second-order valence-corrected chi connectivity index (χ2v) is 5.35. The van der Waals surface area contributed by atoms with Crippen LogP contribution in [0.15, 0.2) is 24.4 Å². The average Bonchev–Trinajstić information content (AvgIpc) is 3.04. The molecule has 8 heteroatoms. The molecule has 0 atom stereocenters. The number of nitrogens with zero attached hydrogens (tertiary/aromatic N) is 4. The van der Waals surface area contributed by atoms with E-state index in [4.69, 9.17) is 0 Å². The van der Waals surface area contributed by atoms with Gasteiger partial charge in [0.25, 0.3) is 0 Å². The van der Waals surface area contributed by atoms with E-state index < -0.39 is 0 Å². The second-order valence-electron chi connectivity index (χ2n) is 4.39. The fraction of sp³-hybridized carbons (Fsp3) is 0.333. The highest BCUT2D eigenvalue weighted by atomic mass is 32.2. The van der Waals surface area contributed by atoms with Crippen molar-refractivity contribution in [2.24, 2.45) is 0 Å². The van der Waals surface area contributed by atoms with Crippen LogP contribution in [0.1, 0.15) is 5.82 Å². The van der Waals surface area contributed by atoms with Crippen LogP contribution in [0.25, 0.3) is 5.65 Å². The van der Waals surface area contributed by atoms with Crippen LogP contribution < -0.4 is 5.32 Å². The number of aromatic nitrogens is 3. The standard InChI is InChI=1S/C12H13N5O2S/c18-11(6-16-8-20-7-12(16)19)13-5-10-15-14-9-3-1-2-4-17(9)10/h1-4H,5-8H2,(H,13,18). The zero-order valence-corrected chi connectivity index (χ0v) is 11.5. The predicted octanol–water partition coefficient (Wildman–Crippen LogP) is -0.122. The molecule has 0 bridgehead atoms. The van der Waals surface area contributed by atoms with Crippen LogP contribution in [0.3, 0.4) is 0 Å². The second kappa shape index (κ2) is 5.49. The fourth-order valence-electron chi connectivity index (χ4n) is 1.96. The van der Waals surface area contributed by atoms with E-state index >= 15 is 0 Å². The quantitative estimate of drug-likeness (QED) is 0.849. The number of hydrogen-bond acceptors (Lipinski definition) is 5. The van der Waals surface area contributed by atoms with E-state index in [1.807, 2.05) is 28.8 Å². The first-order valence-corrected chi connectivity index (χ1v) is 7.30. The van der Waals surface area contributed by atoms with E-state index in [1.54, 1.807) is 4.90 Å². The van der Waals surface area contributed by atoms with E-state index in [9.17, 15) is 9.59 Å². The number of thioether (sulfide) groups is 1. The molecular weight excluding hydrogens is 278 g/mol. The Balaban J connectivity index is 1.59. The summed E-state index contributed by atoms with van der Waals surface area (Å²) in [5, 5.41) is 10.8. The fourth-order valence-corrected chi connectivity index (χ4v) is 2.86. The lowest BCUT2D eigenvalue weighted by atomic mass is 10.4. The molecule has 1 aliphatic heterocycles. The van der Waals surface area contributed by atoms with Crippen LogP contribution in [0.5, 0.6) is 0 Å². The SMILES string of the molecule is O=C(CN1CSCC1=O)NCc1nnc2ccccn12. The van der Waals surface area contributed by atoms with Crippen LogP contribution in [0.4, 0.5) is 0 Å². The Morgan fingerprint density at radius 1 is 1.40 bits per heavy atom. The number of carbonyl (C=O) groups is 2. The van der Waals surface area contributed by atoms with Crippen molar-refractivity contribution >= 4 is 29.2 Å². The Hall–Kier alpha value is -2.09. The highest BCUT2D eigenvalue weighted by Crippen LogP contribution is 2.13. The van der Waals surface area contributed by atoms with Crippen molar-refractivity contribution in [3.63, 3.8) is 0 Å². The van der Waals surface area contributed by atoms with Crippen LogP contribution in [0, 0.1) is 0 Å².